The molecule has 0 aliphatic carbocycles. The second-order valence-corrected chi connectivity index (χ2v) is 6.39. The largest absolute Gasteiger partial charge is 0.350 e. The van der Waals surface area contributed by atoms with Gasteiger partial charge in [-0.3, -0.25) is 9.36 Å². The summed E-state index contributed by atoms with van der Waals surface area (Å²) >= 11 is 0. The van der Waals surface area contributed by atoms with Gasteiger partial charge in [0.2, 0.25) is 0 Å². The van der Waals surface area contributed by atoms with E-state index >= 15 is 0 Å². The molecule has 2 aromatic heterocycles. The number of rotatable bonds is 7. The summed E-state index contributed by atoms with van der Waals surface area (Å²) in [5, 5.41) is 3.04. The van der Waals surface area contributed by atoms with Crippen LogP contribution < -0.4 is 5.32 Å². The van der Waals surface area contributed by atoms with Crippen molar-refractivity contribution in [3.8, 4) is 5.82 Å². The van der Waals surface area contributed by atoms with Crippen molar-refractivity contribution in [1.29, 1.82) is 0 Å². The number of hydrogen-bond donors (Lipinski definition) is 1. The first-order valence-corrected chi connectivity index (χ1v) is 8.56. The quantitative estimate of drug-likeness (QED) is 0.710. The maximum absolute atomic E-state index is 12.6. The summed E-state index contributed by atoms with van der Waals surface area (Å²) in [4.78, 5) is 23.0. The predicted octanol–water partition coefficient (Wildman–Crippen LogP) is 2.17. The zero-order valence-electron chi connectivity index (χ0n) is 15.0. The van der Waals surface area contributed by atoms with Crippen molar-refractivity contribution < 1.29 is 4.79 Å². The summed E-state index contributed by atoms with van der Waals surface area (Å²) in [5.41, 5.74) is 1.84. The molecule has 0 aliphatic heterocycles. The number of benzene rings is 1. The number of imidazole rings is 1. The van der Waals surface area contributed by atoms with E-state index in [-0.39, 0.29) is 11.9 Å². The summed E-state index contributed by atoms with van der Waals surface area (Å²) in [6.07, 6.45) is 7.65. The average molecular weight is 349 g/mol. The van der Waals surface area contributed by atoms with Crippen molar-refractivity contribution in [3.05, 3.63) is 78.5 Å². The van der Waals surface area contributed by atoms with E-state index in [1.165, 1.54) is 5.56 Å². The number of nitrogens with zero attached hydrogens (tertiary/aromatic N) is 4. The molecule has 2 heterocycles. The molecule has 3 rings (SSSR count). The van der Waals surface area contributed by atoms with E-state index in [2.05, 4.69) is 32.3 Å². The monoisotopic (exact) mass is 349 g/mol. The molecule has 6 heteroatoms. The smallest absolute Gasteiger partial charge is 0.251 e. The van der Waals surface area contributed by atoms with Crippen LogP contribution in [0.5, 0.6) is 0 Å². The van der Waals surface area contributed by atoms with Gasteiger partial charge < -0.3 is 10.2 Å². The molecule has 3 aromatic rings. The highest BCUT2D eigenvalue weighted by Crippen LogP contribution is 2.09. The number of likely N-dealkylation sites (N-methyl/N-ethyl adjacent to an activating group) is 1. The van der Waals surface area contributed by atoms with Gasteiger partial charge in [-0.25, -0.2) is 9.97 Å². The van der Waals surface area contributed by atoms with Crippen LogP contribution in [0.4, 0.5) is 0 Å². The highest BCUT2D eigenvalue weighted by atomic mass is 16.1. The first kappa shape index (κ1) is 17.8. The fourth-order valence-electron chi connectivity index (χ4n) is 2.73. The fraction of sp³-hybridized carbons (Fsp3) is 0.250. The van der Waals surface area contributed by atoms with Crippen LogP contribution in [-0.4, -0.2) is 52.0 Å². The number of amides is 1. The van der Waals surface area contributed by atoms with Crippen LogP contribution >= 0.6 is 0 Å². The molecule has 0 unspecified atom stereocenters. The number of carbonyl (C=O) groups excluding carboxylic acids is 1. The van der Waals surface area contributed by atoms with E-state index in [1.807, 2.05) is 32.3 Å². The molecule has 1 N–H and O–H groups in total. The topological polar surface area (TPSA) is 63.1 Å². The van der Waals surface area contributed by atoms with Crippen LogP contribution in [0, 0.1) is 0 Å². The molecule has 0 bridgehead atoms. The van der Waals surface area contributed by atoms with Crippen molar-refractivity contribution in [1.82, 2.24) is 24.8 Å². The molecule has 1 aromatic carbocycles. The normalized spacial score (nSPS) is 12.1. The van der Waals surface area contributed by atoms with Gasteiger partial charge in [0.1, 0.15) is 12.1 Å². The SMILES string of the molecule is CN(C)[C@H](CNC(=O)c1ccnc(-n2ccnc2)c1)Cc1ccccc1. The summed E-state index contributed by atoms with van der Waals surface area (Å²) in [5.74, 6) is 0.567. The minimum Gasteiger partial charge on any atom is -0.350 e. The van der Waals surface area contributed by atoms with Gasteiger partial charge >= 0.3 is 0 Å². The minimum atomic E-state index is -0.103. The summed E-state index contributed by atoms with van der Waals surface area (Å²) < 4.78 is 1.77. The van der Waals surface area contributed by atoms with Crippen LogP contribution in [0.25, 0.3) is 5.82 Å². The van der Waals surface area contributed by atoms with Gasteiger partial charge in [-0.1, -0.05) is 30.3 Å². The molecule has 0 fully saturated rings. The van der Waals surface area contributed by atoms with E-state index in [0.29, 0.717) is 17.9 Å². The van der Waals surface area contributed by atoms with E-state index in [9.17, 15) is 4.79 Å². The zero-order valence-corrected chi connectivity index (χ0v) is 15.0. The van der Waals surface area contributed by atoms with E-state index < -0.39 is 0 Å². The van der Waals surface area contributed by atoms with E-state index in [4.69, 9.17) is 0 Å². The highest BCUT2D eigenvalue weighted by molar-refractivity contribution is 5.94. The van der Waals surface area contributed by atoms with Crippen molar-refractivity contribution in [3.63, 3.8) is 0 Å². The van der Waals surface area contributed by atoms with Crippen LogP contribution in [0.3, 0.4) is 0 Å². The number of hydrogen-bond acceptors (Lipinski definition) is 4. The van der Waals surface area contributed by atoms with Crippen LogP contribution in [-0.2, 0) is 6.42 Å². The van der Waals surface area contributed by atoms with Crippen molar-refractivity contribution in [2.24, 2.45) is 0 Å². The predicted molar refractivity (Wildman–Crippen MR) is 101 cm³/mol. The average Bonchev–Trinajstić information content (AvgIpc) is 3.20. The molecule has 134 valence electrons. The summed E-state index contributed by atoms with van der Waals surface area (Å²) in [7, 11) is 4.06. The van der Waals surface area contributed by atoms with Gasteiger partial charge in [0.25, 0.3) is 5.91 Å². The number of aromatic nitrogens is 3. The zero-order chi connectivity index (χ0) is 18.4. The lowest BCUT2D eigenvalue weighted by atomic mass is 10.1. The summed E-state index contributed by atoms with van der Waals surface area (Å²) in [6.45, 7) is 0.573. The molecular formula is C20H23N5O. The molecule has 0 aliphatic rings. The lowest BCUT2D eigenvalue weighted by Gasteiger charge is -2.24. The molecule has 1 atom stereocenters. The second-order valence-electron chi connectivity index (χ2n) is 6.39. The Morgan fingerprint density at radius 1 is 1.19 bits per heavy atom. The molecular weight excluding hydrogens is 326 g/mol. The third-order valence-corrected chi connectivity index (χ3v) is 4.32. The number of pyridine rings is 1. The van der Waals surface area contributed by atoms with Gasteiger partial charge in [-0.2, -0.15) is 0 Å². The van der Waals surface area contributed by atoms with Crippen molar-refractivity contribution in [2.45, 2.75) is 12.5 Å². The lowest BCUT2D eigenvalue weighted by Crippen LogP contribution is -2.41. The van der Waals surface area contributed by atoms with Gasteiger partial charge in [-0.05, 0) is 38.2 Å². The Morgan fingerprint density at radius 3 is 2.69 bits per heavy atom. The molecule has 6 nitrogen and oxygen atoms in total. The van der Waals surface area contributed by atoms with E-state index in [0.717, 1.165) is 6.42 Å². The summed E-state index contributed by atoms with van der Waals surface area (Å²) in [6, 6.07) is 14.0. The van der Waals surface area contributed by atoms with Crippen molar-refractivity contribution in [2.75, 3.05) is 20.6 Å². The number of nitrogens with one attached hydrogen (secondary N) is 1. The van der Waals surface area contributed by atoms with Crippen LogP contribution in [0.15, 0.2) is 67.4 Å². The lowest BCUT2D eigenvalue weighted by molar-refractivity contribution is 0.0941. The van der Waals surface area contributed by atoms with Gasteiger partial charge in [0, 0.05) is 36.7 Å². The minimum absolute atomic E-state index is 0.103. The van der Waals surface area contributed by atoms with Gasteiger partial charge in [-0.15, -0.1) is 0 Å². The first-order valence-electron chi connectivity index (χ1n) is 8.56. The van der Waals surface area contributed by atoms with Crippen LogP contribution in [0.2, 0.25) is 0 Å². The van der Waals surface area contributed by atoms with Crippen molar-refractivity contribution >= 4 is 5.91 Å². The Labute approximate surface area is 153 Å². The Morgan fingerprint density at radius 2 is 2.00 bits per heavy atom. The third kappa shape index (κ3) is 4.55. The van der Waals surface area contributed by atoms with Gasteiger partial charge in [0.05, 0.1) is 0 Å². The Kier molecular flexibility index (Phi) is 5.76. The molecule has 1 amide bonds. The first-order chi connectivity index (χ1) is 12.6. The number of carbonyl (C=O) groups is 1. The molecule has 0 radical (unpaired) electrons. The third-order valence-electron chi connectivity index (χ3n) is 4.32. The van der Waals surface area contributed by atoms with E-state index in [1.54, 1.807) is 41.6 Å². The maximum Gasteiger partial charge on any atom is 0.251 e. The highest BCUT2D eigenvalue weighted by Gasteiger charge is 2.15. The second kappa shape index (κ2) is 8.40. The molecule has 0 saturated heterocycles. The van der Waals surface area contributed by atoms with Crippen LogP contribution in [0.1, 0.15) is 15.9 Å². The Bertz CT molecular complexity index is 830. The van der Waals surface area contributed by atoms with Gasteiger partial charge in [0.15, 0.2) is 0 Å². The molecule has 0 spiro atoms. The maximum atomic E-state index is 12.6. The standard InChI is InChI=1S/C20H23N5O/c1-24(2)18(12-16-6-4-3-5-7-16)14-23-20(26)17-8-9-22-19(13-17)25-11-10-21-15-25/h3-11,13,15,18H,12,14H2,1-2H3,(H,23,26)/t18-/m0/s1. The molecule has 0 saturated carbocycles. The Balaban J connectivity index is 1.64. The Hall–Kier alpha value is -2.99. The molecule has 26 heavy (non-hydrogen) atoms. The fourth-order valence-corrected chi connectivity index (χ4v) is 2.73.